The second-order valence-electron chi connectivity index (χ2n) is 7.81. The summed E-state index contributed by atoms with van der Waals surface area (Å²) < 4.78 is 70.0. The Hall–Kier alpha value is -3.51. The standard InChI is InChI=1S/C22H13Cl2F5N6O/c23-11-2-1-10(9-12(11)24)13-3-4-30-21-31-22(32-35(13)21)34-7-5-33(6-8-34)20(36)14-15(25)17(27)19(29)18(28)16(14)26/h1-4,9H,5-8H2. The van der Waals surface area contributed by atoms with Crippen LogP contribution < -0.4 is 4.90 Å². The number of amides is 1. The van der Waals surface area contributed by atoms with Crippen molar-refractivity contribution in [3.63, 3.8) is 0 Å². The quantitative estimate of drug-likeness (QED) is 0.212. The number of hydrogen-bond acceptors (Lipinski definition) is 5. The van der Waals surface area contributed by atoms with Crippen LogP contribution in [0, 0.1) is 29.1 Å². The monoisotopic (exact) mass is 542 g/mol. The molecule has 0 bridgehead atoms. The van der Waals surface area contributed by atoms with E-state index in [1.807, 2.05) is 0 Å². The van der Waals surface area contributed by atoms with Gasteiger partial charge in [0.05, 0.1) is 15.7 Å². The molecule has 7 nitrogen and oxygen atoms in total. The number of hydrogen-bond donors (Lipinski definition) is 0. The van der Waals surface area contributed by atoms with Crippen molar-refractivity contribution >= 4 is 40.8 Å². The molecule has 2 aromatic heterocycles. The van der Waals surface area contributed by atoms with Crippen LogP contribution in [0.4, 0.5) is 27.9 Å². The molecule has 2 aromatic carbocycles. The van der Waals surface area contributed by atoms with Gasteiger partial charge in [-0.3, -0.25) is 4.79 Å². The second-order valence-corrected chi connectivity index (χ2v) is 8.62. The van der Waals surface area contributed by atoms with Gasteiger partial charge in [-0.05, 0) is 18.2 Å². The number of carbonyl (C=O) groups is 1. The highest BCUT2D eigenvalue weighted by atomic mass is 35.5. The number of benzene rings is 2. The van der Waals surface area contributed by atoms with Gasteiger partial charge < -0.3 is 9.80 Å². The maximum absolute atomic E-state index is 14.1. The molecule has 5 rings (SSSR count). The fourth-order valence-corrected chi connectivity index (χ4v) is 4.15. The van der Waals surface area contributed by atoms with Crippen LogP contribution in [0.3, 0.4) is 0 Å². The van der Waals surface area contributed by atoms with E-state index in [1.165, 1.54) is 4.52 Å². The Kier molecular flexibility index (Phi) is 6.17. The first kappa shape index (κ1) is 24.2. The lowest BCUT2D eigenvalue weighted by molar-refractivity contribution is 0.0733. The molecule has 1 amide bonds. The number of piperazine rings is 1. The van der Waals surface area contributed by atoms with Crippen LogP contribution in [0.2, 0.25) is 10.0 Å². The van der Waals surface area contributed by atoms with Crippen molar-refractivity contribution in [2.45, 2.75) is 0 Å². The molecule has 1 saturated heterocycles. The fraction of sp³-hybridized carbons (Fsp3) is 0.182. The van der Waals surface area contributed by atoms with Gasteiger partial charge in [-0.2, -0.15) is 9.50 Å². The lowest BCUT2D eigenvalue weighted by Gasteiger charge is -2.34. The zero-order valence-electron chi connectivity index (χ0n) is 18.0. The van der Waals surface area contributed by atoms with E-state index in [2.05, 4.69) is 15.1 Å². The summed E-state index contributed by atoms with van der Waals surface area (Å²) in [6.45, 7) is 0.141. The van der Waals surface area contributed by atoms with Crippen LogP contribution in [-0.4, -0.2) is 56.6 Å². The van der Waals surface area contributed by atoms with Gasteiger partial charge in [-0.15, -0.1) is 5.10 Å². The molecule has 0 saturated carbocycles. The number of halogens is 7. The predicted octanol–water partition coefficient (Wildman–Crippen LogP) is 4.76. The van der Waals surface area contributed by atoms with Gasteiger partial charge >= 0.3 is 0 Å². The summed E-state index contributed by atoms with van der Waals surface area (Å²) in [4.78, 5) is 23.9. The van der Waals surface area contributed by atoms with E-state index in [1.54, 1.807) is 35.4 Å². The van der Waals surface area contributed by atoms with E-state index in [4.69, 9.17) is 23.2 Å². The molecule has 1 aliphatic rings. The third kappa shape index (κ3) is 3.99. The Labute approximate surface area is 209 Å². The van der Waals surface area contributed by atoms with Gasteiger partial charge in [0.15, 0.2) is 23.3 Å². The van der Waals surface area contributed by atoms with Gasteiger partial charge in [-0.25, -0.2) is 26.9 Å². The summed E-state index contributed by atoms with van der Waals surface area (Å²) in [6, 6.07) is 6.79. The first-order valence-corrected chi connectivity index (χ1v) is 11.2. The van der Waals surface area contributed by atoms with Gasteiger partial charge in [0.2, 0.25) is 11.8 Å². The highest BCUT2D eigenvalue weighted by molar-refractivity contribution is 6.42. The topological polar surface area (TPSA) is 66.6 Å². The summed E-state index contributed by atoms with van der Waals surface area (Å²) in [5, 5.41) is 5.23. The average molecular weight is 543 g/mol. The van der Waals surface area contributed by atoms with Gasteiger partial charge in [0.1, 0.15) is 5.56 Å². The number of rotatable bonds is 3. The second kappa shape index (κ2) is 9.17. The summed E-state index contributed by atoms with van der Waals surface area (Å²) in [5.41, 5.74) is -0.134. The normalized spacial score (nSPS) is 14.1. The Bertz CT molecular complexity index is 1490. The minimum absolute atomic E-state index is 0.0685. The molecule has 0 radical (unpaired) electrons. The molecular weight excluding hydrogens is 530 g/mol. The third-order valence-electron chi connectivity index (χ3n) is 5.72. The van der Waals surface area contributed by atoms with Crippen LogP contribution in [0.5, 0.6) is 0 Å². The summed E-state index contributed by atoms with van der Waals surface area (Å²) in [6.07, 6.45) is 1.55. The molecule has 0 aliphatic carbocycles. The molecule has 3 heterocycles. The van der Waals surface area contributed by atoms with E-state index >= 15 is 0 Å². The fourth-order valence-electron chi connectivity index (χ4n) is 3.85. The van der Waals surface area contributed by atoms with E-state index in [0.717, 1.165) is 4.90 Å². The van der Waals surface area contributed by atoms with Crippen LogP contribution in [0.15, 0.2) is 30.5 Å². The molecule has 14 heteroatoms. The number of fused-ring (bicyclic) bond motifs is 1. The number of carbonyl (C=O) groups excluding carboxylic acids is 1. The highest BCUT2D eigenvalue weighted by Gasteiger charge is 2.33. The van der Waals surface area contributed by atoms with Gasteiger partial charge in [-0.1, -0.05) is 29.3 Å². The molecule has 186 valence electrons. The molecule has 0 unspecified atom stereocenters. The lowest BCUT2D eigenvalue weighted by Crippen LogP contribution is -2.49. The summed E-state index contributed by atoms with van der Waals surface area (Å²) >= 11 is 12.1. The molecule has 4 aromatic rings. The van der Waals surface area contributed by atoms with Crippen molar-refractivity contribution in [3.05, 3.63) is 75.2 Å². The third-order valence-corrected chi connectivity index (χ3v) is 6.46. The van der Waals surface area contributed by atoms with Gasteiger partial charge in [0, 0.05) is 37.9 Å². The molecule has 0 atom stereocenters. The van der Waals surface area contributed by atoms with E-state index in [0.29, 0.717) is 21.3 Å². The zero-order valence-corrected chi connectivity index (χ0v) is 19.5. The maximum Gasteiger partial charge on any atom is 0.260 e. The molecule has 36 heavy (non-hydrogen) atoms. The van der Waals surface area contributed by atoms with E-state index in [-0.39, 0.29) is 37.9 Å². The molecule has 1 fully saturated rings. The molecule has 0 spiro atoms. The lowest BCUT2D eigenvalue weighted by atomic mass is 10.1. The number of nitrogens with zero attached hydrogens (tertiary/aromatic N) is 6. The van der Waals surface area contributed by atoms with Crippen molar-refractivity contribution in [1.29, 1.82) is 0 Å². The first-order chi connectivity index (χ1) is 17.2. The minimum Gasteiger partial charge on any atom is -0.336 e. The summed E-state index contributed by atoms with van der Waals surface area (Å²) in [7, 11) is 0. The number of aromatic nitrogens is 4. The minimum atomic E-state index is -2.32. The molecule has 1 aliphatic heterocycles. The van der Waals surface area contributed by atoms with Crippen molar-refractivity contribution in [2.75, 3.05) is 31.1 Å². The maximum atomic E-state index is 14.1. The van der Waals surface area contributed by atoms with Crippen LogP contribution >= 0.6 is 23.2 Å². The van der Waals surface area contributed by atoms with E-state index in [9.17, 15) is 26.7 Å². The zero-order chi connectivity index (χ0) is 25.7. The number of anilines is 1. The predicted molar refractivity (Wildman–Crippen MR) is 121 cm³/mol. The Morgan fingerprint density at radius 2 is 1.47 bits per heavy atom. The van der Waals surface area contributed by atoms with Crippen molar-refractivity contribution in [2.24, 2.45) is 0 Å². The summed E-state index contributed by atoms with van der Waals surface area (Å²) in [5.74, 6) is -11.7. The van der Waals surface area contributed by atoms with Gasteiger partial charge in [0.25, 0.3) is 11.7 Å². The van der Waals surface area contributed by atoms with Crippen LogP contribution in [0.25, 0.3) is 17.0 Å². The van der Waals surface area contributed by atoms with Crippen LogP contribution in [0.1, 0.15) is 10.4 Å². The molecular formula is C22H13Cl2F5N6O. The molecule has 0 N–H and O–H groups in total. The van der Waals surface area contributed by atoms with Crippen LogP contribution in [-0.2, 0) is 0 Å². The Morgan fingerprint density at radius 1 is 0.833 bits per heavy atom. The van der Waals surface area contributed by atoms with Crippen molar-refractivity contribution in [1.82, 2.24) is 24.5 Å². The first-order valence-electron chi connectivity index (χ1n) is 10.4. The van der Waals surface area contributed by atoms with E-state index < -0.39 is 40.6 Å². The van der Waals surface area contributed by atoms with Crippen molar-refractivity contribution in [3.8, 4) is 11.3 Å². The largest absolute Gasteiger partial charge is 0.336 e. The van der Waals surface area contributed by atoms with Crippen molar-refractivity contribution < 1.29 is 26.7 Å². The highest BCUT2D eigenvalue weighted by Crippen LogP contribution is 2.29. The SMILES string of the molecule is O=C(c1c(F)c(F)c(F)c(F)c1F)N1CCN(c2nc3nccc(-c4ccc(Cl)c(Cl)c4)n3n2)CC1. The Balaban J connectivity index is 1.38. The average Bonchev–Trinajstić information content (AvgIpc) is 3.33. The Morgan fingerprint density at radius 3 is 2.11 bits per heavy atom. The smallest absolute Gasteiger partial charge is 0.260 e.